The first-order valence-corrected chi connectivity index (χ1v) is 7.15. The minimum Gasteiger partial charge on any atom is -0.377 e. The topological polar surface area (TPSA) is 31.4 Å². The maximum absolute atomic E-state index is 5.57. The van der Waals surface area contributed by atoms with Crippen LogP contribution >= 0.6 is 0 Å². The van der Waals surface area contributed by atoms with Gasteiger partial charge in [0.1, 0.15) is 0 Å². The Morgan fingerprint density at radius 3 is 1.50 bits per heavy atom. The monoisotopic (exact) mass is 282 g/mol. The van der Waals surface area contributed by atoms with Crippen LogP contribution < -0.4 is 0 Å². The Kier molecular flexibility index (Phi) is 6.01. The van der Waals surface area contributed by atoms with Crippen molar-refractivity contribution in [3.63, 3.8) is 0 Å². The van der Waals surface area contributed by atoms with E-state index in [1.807, 2.05) is 0 Å². The summed E-state index contributed by atoms with van der Waals surface area (Å²) in [4.78, 5) is 8.76. The zero-order valence-corrected chi connectivity index (χ0v) is 12.6. The van der Waals surface area contributed by atoms with Crippen molar-refractivity contribution in [1.82, 2.24) is 19.6 Å². The smallest absolute Gasteiger partial charge is 0.0891 e. The van der Waals surface area contributed by atoms with Crippen molar-refractivity contribution in [1.29, 1.82) is 0 Å². The molecule has 2 aliphatic rings. The molecule has 114 valence electrons. The van der Waals surface area contributed by atoms with Gasteiger partial charge in [-0.3, -0.25) is 0 Å². The average Bonchev–Trinajstić information content (AvgIpc) is 3.02. The molecule has 0 spiro atoms. The molecule has 0 saturated heterocycles. The summed E-state index contributed by atoms with van der Waals surface area (Å²) in [7, 11) is 4.14. The van der Waals surface area contributed by atoms with Crippen LogP contribution in [0.5, 0.6) is 0 Å². The Balaban J connectivity index is 1.35. The number of hydrogen-bond acceptors (Lipinski definition) is 6. The van der Waals surface area contributed by atoms with E-state index in [1.54, 1.807) is 0 Å². The van der Waals surface area contributed by atoms with Crippen LogP contribution in [0.3, 0.4) is 0 Å². The molecule has 0 aromatic rings. The molecule has 20 heavy (non-hydrogen) atoms. The predicted molar refractivity (Wildman–Crippen MR) is 78.6 cm³/mol. The molecule has 0 radical (unpaired) electrons. The molecule has 0 fully saturated rings. The zero-order chi connectivity index (χ0) is 14.2. The molecule has 0 aromatic carbocycles. The van der Waals surface area contributed by atoms with Gasteiger partial charge in [0.25, 0.3) is 0 Å². The maximum atomic E-state index is 5.57. The van der Waals surface area contributed by atoms with Crippen molar-refractivity contribution in [2.75, 3.05) is 66.9 Å². The van der Waals surface area contributed by atoms with Gasteiger partial charge in [0.2, 0.25) is 0 Å². The molecule has 0 unspecified atom stereocenters. The van der Waals surface area contributed by atoms with Gasteiger partial charge in [0, 0.05) is 52.0 Å². The fourth-order valence-electron chi connectivity index (χ4n) is 2.15. The second-order valence-electron chi connectivity index (χ2n) is 5.24. The van der Waals surface area contributed by atoms with Gasteiger partial charge >= 0.3 is 0 Å². The van der Waals surface area contributed by atoms with E-state index in [0.29, 0.717) is 13.2 Å². The van der Waals surface area contributed by atoms with Gasteiger partial charge in [-0.05, 0) is 0 Å². The Morgan fingerprint density at radius 2 is 1.15 bits per heavy atom. The highest BCUT2D eigenvalue weighted by Crippen LogP contribution is 2.03. The van der Waals surface area contributed by atoms with Crippen LogP contribution in [-0.4, -0.2) is 86.5 Å². The van der Waals surface area contributed by atoms with E-state index in [2.05, 4.69) is 58.5 Å². The lowest BCUT2D eigenvalue weighted by Gasteiger charge is -2.18. The SMILES string of the molecule is CN1C=CN(CCOCCOCCN2C=CN(C)C2)C1. The van der Waals surface area contributed by atoms with Crippen LogP contribution in [0.25, 0.3) is 0 Å². The standard InChI is InChI=1S/C14H26N4O2/c1-15-3-5-17(13-15)7-9-19-11-12-20-10-8-18-6-4-16(2)14-18/h3-6H,7-14H2,1-2H3. The second kappa shape index (κ2) is 8.01. The van der Waals surface area contributed by atoms with Crippen LogP contribution in [0.4, 0.5) is 0 Å². The van der Waals surface area contributed by atoms with Crippen molar-refractivity contribution in [3.8, 4) is 0 Å². The van der Waals surface area contributed by atoms with Crippen molar-refractivity contribution in [3.05, 3.63) is 24.8 Å². The van der Waals surface area contributed by atoms with Gasteiger partial charge in [0.05, 0.1) is 39.8 Å². The summed E-state index contributed by atoms with van der Waals surface area (Å²) >= 11 is 0. The van der Waals surface area contributed by atoms with E-state index < -0.39 is 0 Å². The molecule has 0 amide bonds. The minimum absolute atomic E-state index is 0.670. The highest BCUT2D eigenvalue weighted by Gasteiger charge is 2.08. The fourth-order valence-corrected chi connectivity index (χ4v) is 2.15. The van der Waals surface area contributed by atoms with Gasteiger partial charge in [-0.1, -0.05) is 0 Å². The summed E-state index contributed by atoms with van der Waals surface area (Å²) in [5, 5.41) is 0. The number of ether oxygens (including phenoxy) is 2. The lowest BCUT2D eigenvalue weighted by Crippen LogP contribution is -2.27. The molecule has 0 N–H and O–H groups in total. The summed E-state index contributed by atoms with van der Waals surface area (Å²) < 4.78 is 11.1. The third kappa shape index (κ3) is 5.30. The van der Waals surface area contributed by atoms with E-state index in [1.165, 1.54) is 0 Å². The van der Waals surface area contributed by atoms with Crippen molar-refractivity contribution < 1.29 is 9.47 Å². The van der Waals surface area contributed by atoms with E-state index in [9.17, 15) is 0 Å². The molecular formula is C14H26N4O2. The maximum Gasteiger partial charge on any atom is 0.0891 e. The van der Waals surface area contributed by atoms with E-state index in [4.69, 9.17) is 9.47 Å². The molecule has 2 heterocycles. The molecule has 0 bridgehead atoms. The fraction of sp³-hybridized carbons (Fsp3) is 0.714. The van der Waals surface area contributed by atoms with Gasteiger partial charge < -0.3 is 29.1 Å². The molecular weight excluding hydrogens is 256 g/mol. The zero-order valence-electron chi connectivity index (χ0n) is 12.6. The summed E-state index contributed by atoms with van der Waals surface area (Å²) in [5.74, 6) is 0. The van der Waals surface area contributed by atoms with Crippen molar-refractivity contribution in [2.45, 2.75) is 0 Å². The quantitative estimate of drug-likeness (QED) is 0.568. The molecule has 0 aliphatic carbocycles. The van der Waals surface area contributed by atoms with Crippen LogP contribution in [0.2, 0.25) is 0 Å². The largest absolute Gasteiger partial charge is 0.377 e. The molecule has 2 aliphatic heterocycles. The lowest BCUT2D eigenvalue weighted by atomic mass is 10.6. The molecule has 2 rings (SSSR count). The summed E-state index contributed by atoms with van der Waals surface area (Å²) in [6, 6.07) is 0. The molecule has 0 atom stereocenters. The summed E-state index contributed by atoms with van der Waals surface area (Å²) in [6.07, 6.45) is 8.35. The van der Waals surface area contributed by atoms with Gasteiger partial charge in [-0.2, -0.15) is 0 Å². The van der Waals surface area contributed by atoms with Crippen LogP contribution in [0, 0.1) is 0 Å². The van der Waals surface area contributed by atoms with E-state index in [-0.39, 0.29) is 0 Å². The number of rotatable bonds is 9. The number of hydrogen-bond donors (Lipinski definition) is 0. The Morgan fingerprint density at radius 1 is 0.700 bits per heavy atom. The third-order valence-electron chi connectivity index (χ3n) is 3.29. The molecule has 0 saturated carbocycles. The summed E-state index contributed by atoms with van der Waals surface area (Å²) in [6.45, 7) is 6.63. The van der Waals surface area contributed by atoms with E-state index in [0.717, 1.165) is 39.6 Å². The minimum atomic E-state index is 0.670. The van der Waals surface area contributed by atoms with Crippen LogP contribution in [-0.2, 0) is 9.47 Å². The van der Waals surface area contributed by atoms with Crippen molar-refractivity contribution >= 4 is 0 Å². The van der Waals surface area contributed by atoms with Gasteiger partial charge in [0.15, 0.2) is 0 Å². The second-order valence-corrected chi connectivity index (χ2v) is 5.24. The Labute approximate surface area is 121 Å². The average molecular weight is 282 g/mol. The van der Waals surface area contributed by atoms with Gasteiger partial charge in [-0.15, -0.1) is 0 Å². The predicted octanol–water partition coefficient (Wildman–Crippen LogP) is 0.372. The highest BCUT2D eigenvalue weighted by atomic mass is 16.5. The van der Waals surface area contributed by atoms with E-state index >= 15 is 0 Å². The molecule has 6 nitrogen and oxygen atoms in total. The van der Waals surface area contributed by atoms with Crippen LogP contribution in [0.15, 0.2) is 24.8 Å². The Hall–Kier alpha value is -1.40. The first kappa shape index (κ1) is 15.0. The molecule has 6 heteroatoms. The normalized spacial score (nSPS) is 17.9. The lowest BCUT2D eigenvalue weighted by molar-refractivity contribution is 0.0361. The highest BCUT2D eigenvalue weighted by molar-refractivity contribution is 4.88. The first-order valence-electron chi connectivity index (χ1n) is 7.15. The molecule has 0 aromatic heterocycles. The summed E-state index contributed by atoms with van der Waals surface area (Å²) in [5.41, 5.74) is 0. The van der Waals surface area contributed by atoms with Crippen molar-refractivity contribution in [2.24, 2.45) is 0 Å². The van der Waals surface area contributed by atoms with Crippen LogP contribution in [0.1, 0.15) is 0 Å². The first-order chi connectivity index (χ1) is 9.74. The Bertz CT molecular complexity index is 303. The van der Waals surface area contributed by atoms with Gasteiger partial charge in [-0.25, -0.2) is 0 Å². The number of nitrogens with zero attached hydrogens (tertiary/aromatic N) is 4. The third-order valence-corrected chi connectivity index (χ3v) is 3.29.